The van der Waals surface area contributed by atoms with Crippen LogP contribution in [0.1, 0.15) is 53.6 Å². The minimum atomic E-state index is 0. The normalized spacial score (nSPS) is 28.9. The first-order chi connectivity index (χ1) is 10.2. The summed E-state index contributed by atoms with van der Waals surface area (Å²) in [5.41, 5.74) is 3.66. The molecular formula is C18H25ClN2O. The molecule has 4 heteroatoms. The highest BCUT2D eigenvalue weighted by molar-refractivity contribution is 5.96. The molecule has 0 aromatic heterocycles. The molecule has 1 aliphatic carbocycles. The zero-order chi connectivity index (χ0) is 14.4. The van der Waals surface area contributed by atoms with Crippen LogP contribution >= 0.6 is 12.4 Å². The SMILES string of the molecule is CN(C(=O)c1cccc2c1CCC2)C1CC2CCC(C1)N2.Cl. The second-order valence-electron chi connectivity index (χ2n) is 6.98. The number of rotatable bonds is 2. The topological polar surface area (TPSA) is 32.3 Å². The predicted octanol–water partition coefficient (Wildman–Crippen LogP) is 2.95. The first kappa shape index (κ1) is 15.8. The lowest BCUT2D eigenvalue weighted by Crippen LogP contribution is -2.48. The zero-order valence-electron chi connectivity index (χ0n) is 13.2. The van der Waals surface area contributed by atoms with Gasteiger partial charge in [-0.15, -0.1) is 12.4 Å². The van der Waals surface area contributed by atoms with Crippen molar-refractivity contribution in [3.8, 4) is 0 Å². The first-order valence-electron chi connectivity index (χ1n) is 8.36. The molecule has 1 N–H and O–H groups in total. The number of nitrogens with zero attached hydrogens (tertiary/aromatic N) is 1. The summed E-state index contributed by atoms with van der Waals surface area (Å²) in [6, 6.07) is 7.93. The molecule has 3 aliphatic rings. The maximum Gasteiger partial charge on any atom is 0.254 e. The van der Waals surface area contributed by atoms with Gasteiger partial charge in [-0.3, -0.25) is 4.79 Å². The summed E-state index contributed by atoms with van der Waals surface area (Å²) in [4.78, 5) is 15.0. The summed E-state index contributed by atoms with van der Waals surface area (Å²) in [6.45, 7) is 0. The molecule has 2 bridgehead atoms. The molecular weight excluding hydrogens is 296 g/mol. The van der Waals surface area contributed by atoms with Gasteiger partial charge in [0.2, 0.25) is 0 Å². The third-order valence-electron chi connectivity index (χ3n) is 5.69. The summed E-state index contributed by atoms with van der Waals surface area (Å²) in [5, 5.41) is 3.66. The summed E-state index contributed by atoms with van der Waals surface area (Å²) in [5.74, 6) is 0.236. The Morgan fingerprint density at radius 1 is 1.18 bits per heavy atom. The zero-order valence-corrected chi connectivity index (χ0v) is 14.0. The smallest absolute Gasteiger partial charge is 0.254 e. The standard InChI is InChI=1S/C18H24N2O.ClH/c1-20(15-10-13-8-9-14(11-15)19-13)18(21)17-7-3-5-12-4-2-6-16(12)17;/h3,5,7,13-15,19H,2,4,6,8-11H2,1H3;1H. The van der Waals surface area contributed by atoms with Gasteiger partial charge in [0, 0.05) is 30.7 Å². The van der Waals surface area contributed by atoms with Crippen molar-refractivity contribution in [2.75, 3.05) is 7.05 Å². The van der Waals surface area contributed by atoms with Crippen molar-refractivity contribution >= 4 is 18.3 Å². The minimum absolute atomic E-state index is 0. The average molecular weight is 321 g/mol. The highest BCUT2D eigenvalue weighted by atomic mass is 35.5. The molecule has 1 aromatic carbocycles. The van der Waals surface area contributed by atoms with Crippen LogP contribution in [0.5, 0.6) is 0 Å². The highest BCUT2D eigenvalue weighted by Crippen LogP contribution is 2.31. The van der Waals surface area contributed by atoms with Crippen LogP contribution in [0.4, 0.5) is 0 Å². The van der Waals surface area contributed by atoms with E-state index in [-0.39, 0.29) is 18.3 Å². The number of carbonyl (C=O) groups excluding carboxylic acids is 1. The molecule has 0 saturated carbocycles. The number of halogens is 1. The molecule has 2 heterocycles. The molecule has 1 aromatic rings. The van der Waals surface area contributed by atoms with E-state index < -0.39 is 0 Å². The van der Waals surface area contributed by atoms with Gasteiger partial charge >= 0.3 is 0 Å². The molecule has 2 atom stereocenters. The Morgan fingerprint density at radius 3 is 2.64 bits per heavy atom. The van der Waals surface area contributed by atoms with Gasteiger partial charge in [0.15, 0.2) is 0 Å². The molecule has 2 fully saturated rings. The number of piperidine rings is 1. The van der Waals surface area contributed by atoms with E-state index in [1.807, 2.05) is 18.0 Å². The average Bonchev–Trinajstić information content (AvgIpc) is 3.11. The number of fused-ring (bicyclic) bond motifs is 3. The fraction of sp³-hybridized carbons (Fsp3) is 0.611. The number of carbonyl (C=O) groups is 1. The van der Waals surface area contributed by atoms with Gasteiger partial charge in [0.05, 0.1) is 0 Å². The van der Waals surface area contributed by atoms with E-state index in [0.29, 0.717) is 18.1 Å². The van der Waals surface area contributed by atoms with Crippen LogP contribution in [-0.4, -0.2) is 36.0 Å². The Hall–Kier alpha value is -1.06. The van der Waals surface area contributed by atoms with Crippen molar-refractivity contribution in [1.82, 2.24) is 10.2 Å². The van der Waals surface area contributed by atoms with Gasteiger partial charge in [-0.1, -0.05) is 12.1 Å². The van der Waals surface area contributed by atoms with E-state index in [9.17, 15) is 4.79 Å². The predicted molar refractivity (Wildman–Crippen MR) is 90.8 cm³/mol. The second-order valence-corrected chi connectivity index (χ2v) is 6.98. The summed E-state index contributed by atoms with van der Waals surface area (Å²) in [7, 11) is 2.01. The van der Waals surface area contributed by atoms with E-state index in [0.717, 1.165) is 31.2 Å². The Bertz CT molecular complexity index is 562. The number of aryl methyl sites for hydroxylation is 1. The van der Waals surface area contributed by atoms with Gasteiger partial charge in [-0.25, -0.2) is 0 Å². The lowest BCUT2D eigenvalue weighted by Gasteiger charge is -2.36. The minimum Gasteiger partial charge on any atom is -0.339 e. The molecule has 2 saturated heterocycles. The van der Waals surface area contributed by atoms with Crippen molar-refractivity contribution in [1.29, 1.82) is 0 Å². The third kappa shape index (κ3) is 2.65. The van der Waals surface area contributed by atoms with Gasteiger partial charge in [0.1, 0.15) is 0 Å². The molecule has 2 unspecified atom stereocenters. The Morgan fingerprint density at radius 2 is 1.91 bits per heavy atom. The fourth-order valence-corrected chi connectivity index (χ4v) is 4.52. The quantitative estimate of drug-likeness (QED) is 0.908. The van der Waals surface area contributed by atoms with Crippen molar-refractivity contribution in [3.63, 3.8) is 0 Å². The van der Waals surface area contributed by atoms with Crippen LogP contribution in [0, 0.1) is 0 Å². The summed E-state index contributed by atoms with van der Waals surface area (Å²) < 4.78 is 0. The lowest BCUT2D eigenvalue weighted by molar-refractivity contribution is 0.0680. The molecule has 1 amide bonds. The molecule has 120 valence electrons. The Balaban J connectivity index is 0.00000144. The van der Waals surface area contributed by atoms with Crippen LogP contribution in [0.2, 0.25) is 0 Å². The Labute approximate surface area is 138 Å². The second kappa shape index (κ2) is 6.21. The molecule has 3 nitrogen and oxygen atoms in total. The van der Waals surface area contributed by atoms with Gasteiger partial charge < -0.3 is 10.2 Å². The van der Waals surface area contributed by atoms with Gasteiger partial charge in [-0.05, 0) is 62.1 Å². The largest absolute Gasteiger partial charge is 0.339 e. The van der Waals surface area contributed by atoms with Crippen LogP contribution in [0.3, 0.4) is 0 Å². The number of amides is 1. The van der Waals surface area contributed by atoms with Crippen molar-refractivity contribution < 1.29 is 4.79 Å². The van der Waals surface area contributed by atoms with Crippen LogP contribution in [0.25, 0.3) is 0 Å². The number of nitrogens with one attached hydrogen (secondary N) is 1. The molecule has 22 heavy (non-hydrogen) atoms. The van der Waals surface area contributed by atoms with Crippen LogP contribution < -0.4 is 5.32 Å². The van der Waals surface area contributed by atoms with E-state index in [2.05, 4.69) is 17.4 Å². The van der Waals surface area contributed by atoms with E-state index in [4.69, 9.17) is 0 Å². The van der Waals surface area contributed by atoms with Crippen molar-refractivity contribution in [2.24, 2.45) is 0 Å². The van der Waals surface area contributed by atoms with Crippen LogP contribution in [-0.2, 0) is 12.8 Å². The third-order valence-corrected chi connectivity index (χ3v) is 5.69. The number of hydrogen-bond acceptors (Lipinski definition) is 2. The Kier molecular flexibility index (Phi) is 4.47. The van der Waals surface area contributed by atoms with Crippen molar-refractivity contribution in [2.45, 2.75) is 63.1 Å². The van der Waals surface area contributed by atoms with Gasteiger partial charge in [-0.2, -0.15) is 0 Å². The van der Waals surface area contributed by atoms with E-state index >= 15 is 0 Å². The number of hydrogen-bond donors (Lipinski definition) is 1. The van der Waals surface area contributed by atoms with Gasteiger partial charge in [0.25, 0.3) is 5.91 Å². The molecule has 4 rings (SSSR count). The monoisotopic (exact) mass is 320 g/mol. The molecule has 0 radical (unpaired) electrons. The van der Waals surface area contributed by atoms with Crippen molar-refractivity contribution in [3.05, 3.63) is 34.9 Å². The highest BCUT2D eigenvalue weighted by Gasteiger charge is 2.37. The molecule has 2 aliphatic heterocycles. The number of benzene rings is 1. The van der Waals surface area contributed by atoms with E-state index in [1.165, 1.54) is 30.4 Å². The first-order valence-corrected chi connectivity index (χ1v) is 8.36. The van der Waals surface area contributed by atoms with E-state index in [1.54, 1.807) is 0 Å². The lowest BCUT2D eigenvalue weighted by atomic mass is 9.96. The fourth-order valence-electron chi connectivity index (χ4n) is 4.52. The maximum absolute atomic E-state index is 12.9. The maximum atomic E-state index is 12.9. The summed E-state index contributed by atoms with van der Waals surface area (Å²) >= 11 is 0. The van der Waals surface area contributed by atoms with Crippen LogP contribution in [0.15, 0.2) is 18.2 Å². The summed E-state index contributed by atoms with van der Waals surface area (Å²) in [6.07, 6.45) is 8.20. The molecule has 0 spiro atoms.